The molecule has 0 amide bonds. The van der Waals surface area contributed by atoms with Crippen LogP contribution in [0.1, 0.15) is 0 Å². The first-order valence-electron chi connectivity index (χ1n) is 2.71. The topological polar surface area (TPSA) is 96.1 Å². The van der Waals surface area contributed by atoms with Gasteiger partial charge in [0.15, 0.2) is 6.61 Å². The van der Waals surface area contributed by atoms with Crippen molar-refractivity contribution in [3.8, 4) is 0 Å². The Kier molecular flexibility index (Phi) is 4.74. The summed E-state index contributed by atoms with van der Waals surface area (Å²) in [7, 11) is 0. The maximum atomic E-state index is 9.81. The Morgan fingerprint density at radius 1 is 1.45 bits per heavy atom. The van der Waals surface area contributed by atoms with Gasteiger partial charge in [0.2, 0.25) is 0 Å². The highest BCUT2D eigenvalue weighted by molar-refractivity contribution is 5.67. The fourth-order valence-corrected chi connectivity index (χ4v) is 0.334. The van der Waals surface area contributed by atoms with Crippen molar-refractivity contribution < 1.29 is 29.8 Å². The second kappa shape index (κ2) is 5.42. The van der Waals surface area contributed by atoms with Gasteiger partial charge in [0, 0.05) is 0 Å². The fraction of sp³-hybridized carbons (Fsp3) is 0.750. The van der Waals surface area contributed by atoms with E-state index >= 15 is 0 Å². The van der Waals surface area contributed by atoms with Gasteiger partial charge in [-0.15, -0.1) is 0 Å². The van der Waals surface area contributed by atoms with Crippen molar-refractivity contribution in [2.24, 2.45) is 0 Å². The predicted octanol–water partition coefficient (Wildman–Crippen LogP) is -0.813. The van der Waals surface area contributed by atoms with E-state index in [9.17, 15) is 9.70 Å². The molecule has 0 saturated heterocycles. The number of hydrogen-bond donors (Lipinski definition) is 2. The van der Waals surface area contributed by atoms with Gasteiger partial charge in [-0.2, -0.15) is 4.84 Å². The smallest absolute Gasteiger partial charge is 0.475 e. The van der Waals surface area contributed by atoms with Crippen LogP contribution in [-0.4, -0.2) is 41.2 Å². The molecule has 0 saturated carbocycles. The first-order valence-corrected chi connectivity index (χ1v) is 2.71. The summed E-state index contributed by atoms with van der Waals surface area (Å²) in [6, 6.07) is 0. The van der Waals surface area contributed by atoms with Gasteiger partial charge >= 0.3 is 11.1 Å². The zero-order chi connectivity index (χ0) is 8.69. The number of carboxylic acid groups (broad SMARTS) is 1. The number of nitrogens with zero attached hydrogens (tertiary/aromatic N) is 1. The molecule has 0 fully saturated rings. The van der Waals surface area contributed by atoms with Gasteiger partial charge in [0.25, 0.3) is 0 Å². The molecule has 0 atom stereocenters. The average Bonchev–Trinajstić information content (AvgIpc) is 1.85. The molecular weight excluding hydrogens is 158 g/mol. The number of carboxylic acids is 1. The second-order valence-corrected chi connectivity index (χ2v) is 1.52. The highest BCUT2D eigenvalue weighted by Crippen LogP contribution is 1.77. The normalized spacial score (nSPS) is 9.09. The summed E-state index contributed by atoms with van der Waals surface area (Å²) in [5, 5.41) is 15.2. The largest absolute Gasteiger partial charge is 0.480 e. The third-order valence-corrected chi connectivity index (χ3v) is 0.655. The molecule has 2 N–H and O–H groups in total. The standard InChI is InChI=1S/C4H7NO6/c6-4(7)3-10-1-2-11-5(8)9/h1-3H2,(H-,6,7,8,9)/p+1. The summed E-state index contributed by atoms with van der Waals surface area (Å²) in [5.74, 6) is -1.10. The molecule has 0 rings (SSSR count). The molecule has 7 heteroatoms. The van der Waals surface area contributed by atoms with E-state index in [-0.39, 0.29) is 13.2 Å². The third-order valence-electron chi connectivity index (χ3n) is 0.655. The minimum Gasteiger partial charge on any atom is -0.480 e. The van der Waals surface area contributed by atoms with Gasteiger partial charge in [-0.25, -0.2) is 10.0 Å². The third kappa shape index (κ3) is 8.63. The van der Waals surface area contributed by atoms with Crippen molar-refractivity contribution in [2.75, 3.05) is 19.8 Å². The van der Waals surface area contributed by atoms with Crippen molar-refractivity contribution in [3.63, 3.8) is 0 Å². The lowest BCUT2D eigenvalue weighted by molar-refractivity contribution is -0.975. The summed E-state index contributed by atoms with van der Waals surface area (Å²) in [5.41, 5.74) is 0. The minimum absolute atomic E-state index is 0.0639. The van der Waals surface area contributed by atoms with E-state index in [2.05, 4.69) is 9.57 Å². The maximum Gasteiger partial charge on any atom is 0.475 e. The van der Waals surface area contributed by atoms with E-state index in [4.69, 9.17) is 10.3 Å². The number of carbonyl (C=O) groups is 1. The molecular formula is C4H8NO6+. The average molecular weight is 166 g/mol. The van der Waals surface area contributed by atoms with Gasteiger partial charge in [0.05, 0.1) is 6.61 Å². The minimum atomic E-state index is -1.10. The van der Waals surface area contributed by atoms with Crippen LogP contribution in [-0.2, 0) is 14.4 Å². The van der Waals surface area contributed by atoms with Crippen LogP contribution in [0.2, 0.25) is 0 Å². The quantitative estimate of drug-likeness (QED) is 0.395. The van der Waals surface area contributed by atoms with Gasteiger partial charge < -0.3 is 9.84 Å². The lowest BCUT2D eigenvalue weighted by atomic mass is 10.7. The predicted molar refractivity (Wildman–Crippen MR) is 29.8 cm³/mol. The Hall–Kier alpha value is -1.37. The summed E-state index contributed by atoms with van der Waals surface area (Å²) in [6.07, 6.45) is 0. The number of hydrogen-bond acceptors (Lipinski definition) is 4. The zero-order valence-corrected chi connectivity index (χ0v) is 5.60. The van der Waals surface area contributed by atoms with Crippen LogP contribution in [0.25, 0.3) is 0 Å². The van der Waals surface area contributed by atoms with E-state index in [0.717, 1.165) is 0 Å². The molecule has 0 aromatic carbocycles. The van der Waals surface area contributed by atoms with E-state index in [1.807, 2.05) is 0 Å². The molecule has 0 aromatic rings. The summed E-state index contributed by atoms with van der Waals surface area (Å²) in [4.78, 5) is 23.4. The van der Waals surface area contributed by atoms with Crippen LogP contribution >= 0.6 is 0 Å². The molecule has 0 aromatic heterocycles. The van der Waals surface area contributed by atoms with E-state index < -0.39 is 17.7 Å². The molecule has 0 heterocycles. The molecule has 0 spiro atoms. The van der Waals surface area contributed by atoms with E-state index in [0.29, 0.717) is 0 Å². The Labute approximate surface area is 61.6 Å². The number of ether oxygens (including phenoxy) is 1. The number of rotatable bonds is 6. The first kappa shape index (κ1) is 9.63. The fourth-order valence-electron chi connectivity index (χ4n) is 0.334. The van der Waals surface area contributed by atoms with Crippen molar-refractivity contribution in [1.82, 2.24) is 0 Å². The van der Waals surface area contributed by atoms with Crippen LogP contribution in [0.15, 0.2) is 0 Å². The van der Waals surface area contributed by atoms with Crippen LogP contribution in [0, 0.1) is 4.91 Å². The van der Waals surface area contributed by atoms with Crippen LogP contribution in [0.3, 0.4) is 0 Å². The van der Waals surface area contributed by atoms with Crippen molar-refractivity contribution >= 4 is 5.97 Å². The van der Waals surface area contributed by atoms with Crippen LogP contribution in [0.5, 0.6) is 0 Å². The SMILES string of the molecule is O=C(O)COCCO[N+](=O)O. The monoisotopic (exact) mass is 166 g/mol. The Morgan fingerprint density at radius 3 is 2.55 bits per heavy atom. The highest BCUT2D eigenvalue weighted by Gasteiger charge is 2.03. The van der Waals surface area contributed by atoms with Gasteiger partial charge in [-0.05, 0) is 0 Å². The molecule has 11 heavy (non-hydrogen) atoms. The molecule has 0 aliphatic rings. The molecule has 0 aliphatic heterocycles. The van der Waals surface area contributed by atoms with Gasteiger partial charge in [0.1, 0.15) is 11.5 Å². The highest BCUT2D eigenvalue weighted by atomic mass is 17.0. The van der Waals surface area contributed by atoms with Gasteiger partial charge in [-0.3, -0.25) is 0 Å². The Bertz CT molecular complexity index is 130. The Balaban J connectivity index is 3.03. The van der Waals surface area contributed by atoms with Crippen molar-refractivity contribution in [3.05, 3.63) is 4.91 Å². The molecule has 7 nitrogen and oxygen atoms in total. The van der Waals surface area contributed by atoms with Gasteiger partial charge in [-0.1, -0.05) is 0 Å². The molecule has 0 unspecified atom stereocenters. The lowest BCUT2D eigenvalue weighted by Crippen LogP contribution is -2.13. The number of aliphatic carboxylic acids is 1. The summed E-state index contributed by atoms with van der Waals surface area (Å²) >= 11 is 0. The molecule has 0 aliphatic carbocycles. The van der Waals surface area contributed by atoms with E-state index in [1.165, 1.54) is 0 Å². The summed E-state index contributed by atoms with van der Waals surface area (Å²) < 4.78 is 4.44. The first-order chi connectivity index (χ1) is 5.13. The molecule has 64 valence electrons. The van der Waals surface area contributed by atoms with Crippen LogP contribution < -0.4 is 0 Å². The summed E-state index contributed by atoms with van der Waals surface area (Å²) in [6.45, 7) is -0.702. The van der Waals surface area contributed by atoms with Crippen molar-refractivity contribution in [2.45, 2.75) is 0 Å². The maximum absolute atomic E-state index is 9.81. The van der Waals surface area contributed by atoms with E-state index in [1.54, 1.807) is 0 Å². The second-order valence-electron chi connectivity index (χ2n) is 1.52. The zero-order valence-electron chi connectivity index (χ0n) is 5.60. The van der Waals surface area contributed by atoms with Crippen molar-refractivity contribution in [1.29, 1.82) is 0 Å². The lowest BCUT2D eigenvalue weighted by Gasteiger charge is -1.94. The molecule has 0 radical (unpaired) electrons. The molecule has 0 bridgehead atoms. The van der Waals surface area contributed by atoms with Crippen LogP contribution in [0.4, 0.5) is 0 Å². The Morgan fingerprint density at radius 2 is 2.09 bits per heavy atom.